The summed E-state index contributed by atoms with van der Waals surface area (Å²) in [5.41, 5.74) is 10.5. The maximum absolute atomic E-state index is 6.03. The van der Waals surface area contributed by atoms with Crippen LogP contribution in [-0.2, 0) is 6.42 Å². The fraction of sp³-hybridized carbons (Fsp3) is 0.333. The lowest BCUT2D eigenvalue weighted by molar-refractivity contribution is 0.474. The summed E-state index contributed by atoms with van der Waals surface area (Å²) >= 11 is 0. The van der Waals surface area contributed by atoms with Gasteiger partial charge in [0.2, 0.25) is 0 Å². The van der Waals surface area contributed by atoms with Gasteiger partial charge in [-0.3, -0.25) is 0 Å². The first-order chi connectivity index (χ1) is 9.60. The molecule has 0 bridgehead atoms. The largest absolute Gasteiger partial charge is 0.457 e. The SMILES string of the molecule is Cc1cc(C)c(Oc2ccc(CCCN)cc2)c(C)c1. The molecule has 2 aromatic carbocycles. The molecular weight excluding hydrogens is 246 g/mol. The van der Waals surface area contributed by atoms with Crippen molar-refractivity contribution in [2.45, 2.75) is 33.6 Å². The van der Waals surface area contributed by atoms with Gasteiger partial charge in [-0.25, -0.2) is 0 Å². The van der Waals surface area contributed by atoms with Crippen molar-refractivity contribution in [3.05, 3.63) is 58.7 Å². The number of hydrogen-bond acceptors (Lipinski definition) is 2. The van der Waals surface area contributed by atoms with E-state index in [1.54, 1.807) is 0 Å². The minimum atomic E-state index is 0.736. The van der Waals surface area contributed by atoms with Crippen molar-refractivity contribution in [1.82, 2.24) is 0 Å². The molecule has 0 spiro atoms. The summed E-state index contributed by atoms with van der Waals surface area (Å²) in [6, 6.07) is 12.6. The summed E-state index contributed by atoms with van der Waals surface area (Å²) in [7, 11) is 0. The van der Waals surface area contributed by atoms with E-state index < -0.39 is 0 Å². The molecule has 2 aromatic rings. The van der Waals surface area contributed by atoms with Crippen molar-refractivity contribution in [2.24, 2.45) is 5.73 Å². The molecule has 0 radical (unpaired) electrons. The third kappa shape index (κ3) is 3.61. The van der Waals surface area contributed by atoms with E-state index in [0.717, 1.165) is 30.9 Å². The van der Waals surface area contributed by atoms with E-state index in [1.807, 2.05) is 12.1 Å². The molecule has 2 rings (SSSR count). The van der Waals surface area contributed by atoms with Crippen LogP contribution in [0, 0.1) is 20.8 Å². The lowest BCUT2D eigenvalue weighted by atomic mass is 10.1. The molecule has 0 heterocycles. The van der Waals surface area contributed by atoms with Crippen molar-refractivity contribution < 1.29 is 4.74 Å². The Labute approximate surface area is 121 Å². The highest BCUT2D eigenvalue weighted by atomic mass is 16.5. The monoisotopic (exact) mass is 269 g/mol. The predicted octanol–water partition coefficient (Wildman–Crippen LogP) is 4.30. The number of aryl methyl sites for hydroxylation is 4. The predicted molar refractivity (Wildman–Crippen MR) is 84.5 cm³/mol. The summed E-state index contributed by atoms with van der Waals surface area (Å²) in [4.78, 5) is 0. The second-order valence-corrected chi connectivity index (χ2v) is 5.37. The van der Waals surface area contributed by atoms with Gasteiger partial charge in [-0.15, -0.1) is 0 Å². The van der Waals surface area contributed by atoms with Gasteiger partial charge in [0.15, 0.2) is 0 Å². The number of nitrogens with two attached hydrogens (primary N) is 1. The highest BCUT2D eigenvalue weighted by Crippen LogP contribution is 2.29. The second-order valence-electron chi connectivity index (χ2n) is 5.37. The van der Waals surface area contributed by atoms with Gasteiger partial charge in [-0.1, -0.05) is 29.8 Å². The first-order valence-corrected chi connectivity index (χ1v) is 7.15. The van der Waals surface area contributed by atoms with E-state index in [9.17, 15) is 0 Å². The van der Waals surface area contributed by atoms with Crippen LogP contribution in [0.5, 0.6) is 11.5 Å². The summed E-state index contributed by atoms with van der Waals surface area (Å²) in [6.45, 7) is 7.02. The molecule has 2 heteroatoms. The van der Waals surface area contributed by atoms with E-state index in [1.165, 1.54) is 22.3 Å². The molecule has 0 amide bonds. The fourth-order valence-electron chi connectivity index (χ4n) is 2.48. The van der Waals surface area contributed by atoms with E-state index in [2.05, 4.69) is 45.0 Å². The molecule has 0 aliphatic rings. The molecule has 0 saturated carbocycles. The maximum atomic E-state index is 6.03. The molecule has 0 atom stereocenters. The molecule has 0 fully saturated rings. The molecule has 2 N–H and O–H groups in total. The van der Waals surface area contributed by atoms with Crippen LogP contribution in [0.15, 0.2) is 36.4 Å². The zero-order chi connectivity index (χ0) is 14.5. The summed E-state index contributed by atoms with van der Waals surface area (Å²) in [6.07, 6.45) is 2.05. The van der Waals surface area contributed by atoms with E-state index in [0.29, 0.717) is 0 Å². The lowest BCUT2D eigenvalue weighted by Gasteiger charge is -2.13. The van der Waals surface area contributed by atoms with Gasteiger partial charge in [0.25, 0.3) is 0 Å². The standard InChI is InChI=1S/C18H23NO/c1-13-11-14(2)18(15(3)12-13)20-17-8-6-16(7-9-17)5-4-10-19/h6-9,11-12H,4-5,10,19H2,1-3H3. The molecule has 2 nitrogen and oxygen atoms in total. The molecule has 0 aromatic heterocycles. The molecule has 0 aliphatic carbocycles. The minimum absolute atomic E-state index is 0.736. The first kappa shape index (κ1) is 14.6. The Morgan fingerprint density at radius 2 is 1.55 bits per heavy atom. The normalized spacial score (nSPS) is 10.6. The molecular formula is C18H23NO. The van der Waals surface area contributed by atoms with E-state index in [-0.39, 0.29) is 0 Å². The molecule has 20 heavy (non-hydrogen) atoms. The van der Waals surface area contributed by atoms with Crippen molar-refractivity contribution in [3.63, 3.8) is 0 Å². The van der Waals surface area contributed by atoms with Gasteiger partial charge in [0, 0.05) is 0 Å². The van der Waals surface area contributed by atoms with Crippen molar-refractivity contribution in [3.8, 4) is 11.5 Å². The zero-order valence-electron chi connectivity index (χ0n) is 12.6. The van der Waals surface area contributed by atoms with Crippen LogP contribution in [0.2, 0.25) is 0 Å². The summed E-state index contributed by atoms with van der Waals surface area (Å²) in [5.74, 6) is 1.85. The fourth-order valence-corrected chi connectivity index (χ4v) is 2.48. The Hall–Kier alpha value is -1.80. The van der Waals surface area contributed by atoms with Crippen LogP contribution in [0.1, 0.15) is 28.7 Å². The van der Waals surface area contributed by atoms with Crippen LogP contribution in [0.4, 0.5) is 0 Å². The van der Waals surface area contributed by atoms with Gasteiger partial charge in [-0.2, -0.15) is 0 Å². The van der Waals surface area contributed by atoms with Crippen LogP contribution >= 0.6 is 0 Å². The Kier molecular flexibility index (Phi) is 4.80. The van der Waals surface area contributed by atoms with Gasteiger partial charge in [0.05, 0.1) is 0 Å². The molecule has 0 unspecified atom stereocenters. The average Bonchev–Trinajstić information content (AvgIpc) is 2.42. The molecule has 0 saturated heterocycles. The van der Waals surface area contributed by atoms with Crippen molar-refractivity contribution >= 4 is 0 Å². The third-order valence-corrected chi connectivity index (χ3v) is 3.42. The highest BCUT2D eigenvalue weighted by molar-refractivity contribution is 5.45. The van der Waals surface area contributed by atoms with Crippen LogP contribution in [0.3, 0.4) is 0 Å². The Bertz CT molecular complexity index is 549. The van der Waals surface area contributed by atoms with Crippen LogP contribution in [-0.4, -0.2) is 6.54 Å². The minimum Gasteiger partial charge on any atom is -0.457 e. The number of benzene rings is 2. The van der Waals surface area contributed by atoms with Crippen molar-refractivity contribution in [1.29, 1.82) is 0 Å². The van der Waals surface area contributed by atoms with Crippen molar-refractivity contribution in [2.75, 3.05) is 6.54 Å². The van der Waals surface area contributed by atoms with Crippen LogP contribution < -0.4 is 10.5 Å². The Balaban J connectivity index is 2.14. The smallest absolute Gasteiger partial charge is 0.133 e. The van der Waals surface area contributed by atoms with Crippen LogP contribution in [0.25, 0.3) is 0 Å². The maximum Gasteiger partial charge on any atom is 0.133 e. The molecule has 0 aliphatic heterocycles. The van der Waals surface area contributed by atoms with Gasteiger partial charge in [0.1, 0.15) is 11.5 Å². The van der Waals surface area contributed by atoms with E-state index in [4.69, 9.17) is 10.5 Å². The summed E-state index contributed by atoms with van der Waals surface area (Å²) in [5, 5.41) is 0. The highest BCUT2D eigenvalue weighted by Gasteiger charge is 2.06. The Morgan fingerprint density at radius 1 is 0.950 bits per heavy atom. The number of hydrogen-bond donors (Lipinski definition) is 1. The van der Waals surface area contributed by atoms with Gasteiger partial charge < -0.3 is 10.5 Å². The first-order valence-electron chi connectivity index (χ1n) is 7.15. The lowest BCUT2D eigenvalue weighted by Crippen LogP contribution is -2.00. The second kappa shape index (κ2) is 6.58. The average molecular weight is 269 g/mol. The number of ether oxygens (including phenoxy) is 1. The molecule has 106 valence electrons. The number of rotatable bonds is 5. The topological polar surface area (TPSA) is 35.2 Å². The zero-order valence-corrected chi connectivity index (χ0v) is 12.6. The van der Waals surface area contributed by atoms with E-state index >= 15 is 0 Å². The summed E-state index contributed by atoms with van der Waals surface area (Å²) < 4.78 is 6.03. The van der Waals surface area contributed by atoms with Gasteiger partial charge >= 0.3 is 0 Å². The quantitative estimate of drug-likeness (QED) is 0.878. The Morgan fingerprint density at radius 3 is 2.10 bits per heavy atom. The third-order valence-electron chi connectivity index (χ3n) is 3.42. The van der Waals surface area contributed by atoms with Gasteiger partial charge in [-0.05, 0) is 69.0 Å².